The Morgan fingerprint density at radius 3 is 2.76 bits per heavy atom. The van der Waals surface area contributed by atoms with Crippen LogP contribution in [0, 0.1) is 0 Å². The molecule has 1 unspecified atom stereocenters. The van der Waals surface area contributed by atoms with Gasteiger partial charge in [0.1, 0.15) is 6.61 Å². The van der Waals surface area contributed by atoms with Crippen LogP contribution in [-0.4, -0.2) is 17.4 Å². The zero-order valence-corrected chi connectivity index (χ0v) is 11.2. The first kappa shape index (κ1) is 13.9. The molecule has 1 N–H and O–H groups in total. The van der Waals surface area contributed by atoms with E-state index in [2.05, 4.69) is 11.7 Å². The number of nitrogens with zero attached hydrogens (tertiary/aromatic N) is 1. The fourth-order valence-electron chi connectivity index (χ4n) is 1.05. The van der Waals surface area contributed by atoms with Gasteiger partial charge in [0.05, 0.1) is 0 Å². The first-order valence-corrected chi connectivity index (χ1v) is 7.59. The Kier molecular flexibility index (Phi) is 5.35. The van der Waals surface area contributed by atoms with Crippen molar-refractivity contribution in [2.24, 2.45) is 5.16 Å². The van der Waals surface area contributed by atoms with Gasteiger partial charge in [0.2, 0.25) is 5.90 Å². The van der Waals surface area contributed by atoms with Crippen LogP contribution < -0.4 is 5.30 Å². The highest BCUT2D eigenvalue weighted by atomic mass is 32.5. The van der Waals surface area contributed by atoms with Crippen molar-refractivity contribution in [3.05, 3.63) is 43.0 Å². The van der Waals surface area contributed by atoms with Gasteiger partial charge >= 0.3 is 0 Å². The maximum Gasteiger partial charge on any atom is 0.267 e. The fraction of sp³-hybridized carbons (Fsp3) is 0.182. The zero-order chi connectivity index (χ0) is 12.7. The molecule has 0 spiro atoms. The van der Waals surface area contributed by atoms with Crippen LogP contribution in [0.5, 0.6) is 0 Å². The predicted octanol–water partition coefficient (Wildman–Crippen LogP) is 2.17. The van der Waals surface area contributed by atoms with E-state index in [0.29, 0.717) is 5.30 Å². The summed E-state index contributed by atoms with van der Waals surface area (Å²) in [5.41, 5.74) is 0. The third kappa shape index (κ3) is 4.69. The number of benzene rings is 1. The summed E-state index contributed by atoms with van der Waals surface area (Å²) in [5, 5.41) is 4.23. The topological polar surface area (TPSA) is 51.0 Å². The molecule has 6 heteroatoms. The second kappa shape index (κ2) is 6.55. The van der Waals surface area contributed by atoms with Crippen molar-refractivity contribution >= 4 is 29.5 Å². The highest BCUT2D eigenvalue weighted by Crippen LogP contribution is 2.41. The normalized spacial score (nSPS) is 14.8. The summed E-state index contributed by atoms with van der Waals surface area (Å²) >= 11 is 5.05. The molecule has 0 saturated heterocycles. The molecule has 0 radical (unpaired) electrons. The molecule has 1 aromatic rings. The minimum Gasteiger partial charge on any atom is -0.423 e. The molecule has 0 amide bonds. The molecule has 0 fully saturated rings. The standard InChI is InChI=1S/C11H14NO3PS/c1-3-9-14-12-10(2)15-16(13,17)11-7-5-4-6-8-11/h3-8H,1,9H2,2H3,(H,13,17). The van der Waals surface area contributed by atoms with E-state index in [9.17, 15) is 4.89 Å². The van der Waals surface area contributed by atoms with E-state index in [-0.39, 0.29) is 12.5 Å². The molecule has 1 atom stereocenters. The molecular formula is C11H14NO3PS. The van der Waals surface area contributed by atoms with Gasteiger partial charge in [0.15, 0.2) is 0 Å². The second-order valence-corrected chi connectivity index (χ2v) is 6.37. The summed E-state index contributed by atoms with van der Waals surface area (Å²) < 4.78 is 5.24. The van der Waals surface area contributed by atoms with Gasteiger partial charge in [-0.1, -0.05) is 36.0 Å². The zero-order valence-electron chi connectivity index (χ0n) is 9.44. The summed E-state index contributed by atoms with van der Waals surface area (Å²) in [4.78, 5) is 14.9. The number of oxime groups is 1. The van der Waals surface area contributed by atoms with E-state index in [4.69, 9.17) is 21.2 Å². The highest BCUT2D eigenvalue weighted by Gasteiger charge is 2.18. The fourth-order valence-corrected chi connectivity index (χ4v) is 2.78. The average molecular weight is 271 g/mol. The molecule has 0 aliphatic carbocycles. The Bertz CT molecular complexity index is 447. The third-order valence-corrected chi connectivity index (χ3v) is 4.04. The van der Waals surface area contributed by atoms with E-state index in [1.807, 2.05) is 6.07 Å². The number of rotatable bonds is 5. The van der Waals surface area contributed by atoms with Crippen LogP contribution in [0.2, 0.25) is 0 Å². The van der Waals surface area contributed by atoms with Crippen molar-refractivity contribution < 1.29 is 14.3 Å². The molecule has 17 heavy (non-hydrogen) atoms. The van der Waals surface area contributed by atoms with E-state index in [1.54, 1.807) is 37.3 Å². The lowest BCUT2D eigenvalue weighted by molar-refractivity contribution is 0.168. The summed E-state index contributed by atoms with van der Waals surface area (Å²) in [6.45, 7) is 2.28. The van der Waals surface area contributed by atoms with Crippen molar-refractivity contribution in [3.8, 4) is 0 Å². The minimum absolute atomic E-state index is 0.196. The molecule has 4 nitrogen and oxygen atoms in total. The second-order valence-electron chi connectivity index (χ2n) is 3.14. The SMILES string of the molecule is C=CCON=C(C)OP(O)(=S)c1ccccc1. The molecule has 0 heterocycles. The molecule has 92 valence electrons. The predicted molar refractivity (Wildman–Crippen MR) is 72.9 cm³/mol. The molecular weight excluding hydrogens is 257 g/mol. The summed E-state index contributed by atoms with van der Waals surface area (Å²) in [6, 6.07) is 8.86. The maximum absolute atomic E-state index is 10.1. The van der Waals surface area contributed by atoms with Crippen LogP contribution in [0.15, 0.2) is 48.1 Å². The monoisotopic (exact) mass is 271 g/mol. The Hall–Kier alpha value is -1.16. The van der Waals surface area contributed by atoms with Gasteiger partial charge < -0.3 is 14.3 Å². The van der Waals surface area contributed by atoms with Crippen molar-refractivity contribution in [2.75, 3.05) is 6.61 Å². The van der Waals surface area contributed by atoms with Gasteiger partial charge in [0, 0.05) is 12.2 Å². The largest absolute Gasteiger partial charge is 0.423 e. The number of hydrogen-bond donors (Lipinski definition) is 1. The lowest BCUT2D eigenvalue weighted by atomic mass is 10.4. The van der Waals surface area contributed by atoms with Crippen molar-refractivity contribution in [1.29, 1.82) is 0 Å². The Morgan fingerprint density at radius 2 is 2.18 bits per heavy atom. The third-order valence-electron chi connectivity index (χ3n) is 1.72. The van der Waals surface area contributed by atoms with Crippen LogP contribution in [0.3, 0.4) is 0 Å². The first-order chi connectivity index (χ1) is 8.06. The minimum atomic E-state index is -3.05. The van der Waals surface area contributed by atoms with E-state index in [0.717, 1.165) is 0 Å². The van der Waals surface area contributed by atoms with Gasteiger partial charge in [-0.3, -0.25) is 0 Å². The number of hydrogen-bond acceptors (Lipinski definition) is 4. The van der Waals surface area contributed by atoms with Crippen LogP contribution in [-0.2, 0) is 21.2 Å². The van der Waals surface area contributed by atoms with Crippen LogP contribution in [0.4, 0.5) is 0 Å². The first-order valence-electron chi connectivity index (χ1n) is 4.91. The Morgan fingerprint density at radius 1 is 1.53 bits per heavy atom. The van der Waals surface area contributed by atoms with E-state index >= 15 is 0 Å². The van der Waals surface area contributed by atoms with Crippen LogP contribution in [0.25, 0.3) is 0 Å². The summed E-state index contributed by atoms with van der Waals surface area (Å²) in [5.74, 6) is 0.196. The highest BCUT2D eigenvalue weighted by molar-refractivity contribution is 8.13. The van der Waals surface area contributed by atoms with Gasteiger partial charge in [-0.2, -0.15) is 0 Å². The summed E-state index contributed by atoms with van der Waals surface area (Å²) in [7, 11) is 0. The Balaban J connectivity index is 2.70. The molecule has 0 aliphatic rings. The van der Waals surface area contributed by atoms with Gasteiger partial charge in [-0.15, -0.1) is 0 Å². The van der Waals surface area contributed by atoms with Crippen LogP contribution >= 0.6 is 6.49 Å². The Labute approximate surface area is 106 Å². The molecule has 0 aliphatic heterocycles. The average Bonchev–Trinajstić information content (AvgIpc) is 2.30. The summed E-state index contributed by atoms with van der Waals surface area (Å²) in [6.07, 6.45) is 1.56. The van der Waals surface area contributed by atoms with E-state index in [1.165, 1.54) is 0 Å². The van der Waals surface area contributed by atoms with Crippen molar-refractivity contribution in [2.45, 2.75) is 6.92 Å². The maximum atomic E-state index is 10.1. The smallest absolute Gasteiger partial charge is 0.267 e. The van der Waals surface area contributed by atoms with Crippen molar-refractivity contribution in [3.63, 3.8) is 0 Å². The molecule has 1 aromatic carbocycles. The van der Waals surface area contributed by atoms with Gasteiger partial charge in [-0.05, 0) is 23.9 Å². The molecule has 0 saturated carbocycles. The van der Waals surface area contributed by atoms with Gasteiger partial charge in [-0.25, -0.2) is 0 Å². The van der Waals surface area contributed by atoms with Crippen LogP contribution in [0.1, 0.15) is 6.92 Å². The van der Waals surface area contributed by atoms with Crippen molar-refractivity contribution in [1.82, 2.24) is 0 Å². The lowest BCUT2D eigenvalue weighted by Gasteiger charge is -2.16. The lowest BCUT2D eigenvalue weighted by Crippen LogP contribution is -2.09. The van der Waals surface area contributed by atoms with E-state index < -0.39 is 6.49 Å². The van der Waals surface area contributed by atoms with Gasteiger partial charge in [0.25, 0.3) is 6.49 Å². The molecule has 0 bridgehead atoms. The molecule has 0 aromatic heterocycles. The quantitative estimate of drug-likeness (QED) is 0.223. The molecule has 1 rings (SSSR count).